The maximum atomic E-state index is 12.5. The molecule has 0 aliphatic heterocycles. The Kier molecular flexibility index (Phi) is 7.06. The Bertz CT molecular complexity index is 331. The Balaban J connectivity index is 4.49. The Morgan fingerprint density at radius 3 is 2.10 bits per heavy atom. The number of ether oxygens (including phenoxy) is 2. The fourth-order valence-electron chi connectivity index (χ4n) is 1.19. The SMILES string of the molecule is CC(OC(C)(CI)CNC(=O)OC(C)(C)C)C(F)(F)F. The van der Waals surface area contributed by atoms with Gasteiger partial charge in [-0.25, -0.2) is 4.79 Å². The van der Waals surface area contributed by atoms with Gasteiger partial charge in [-0.3, -0.25) is 0 Å². The van der Waals surface area contributed by atoms with Gasteiger partial charge in [0, 0.05) is 4.43 Å². The quantitative estimate of drug-likeness (QED) is 0.555. The van der Waals surface area contributed by atoms with Gasteiger partial charge in [-0.1, -0.05) is 22.6 Å². The first-order valence-corrected chi connectivity index (χ1v) is 7.59. The summed E-state index contributed by atoms with van der Waals surface area (Å²) in [4.78, 5) is 11.5. The van der Waals surface area contributed by atoms with E-state index in [1.807, 2.05) is 22.6 Å². The van der Waals surface area contributed by atoms with Crippen molar-refractivity contribution in [1.82, 2.24) is 5.32 Å². The second kappa shape index (κ2) is 7.15. The molecule has 0 saturated heterocycles. The number of carbonyl (C=O) groups is 1. The second-order valence-electron chi connectivity index (χ2n) is 5.74. The lowest BCUT2D eigenvalue weighted by Gasteiger charge is -2.32. The fourth-order valence-corrected chi connectivity index (χ4v) is 1.64. The smallest absolute Gasteiger partial charge is 0.414 e. The van der Waals surface area contributed by atoms with Crippen molar-refractivity contribution < 1.29 is 27.4 Å². The van der Waals surface area contributed by atoms with Crippen molar-refractivity contribution in [2.45, 2.75) is 58.1 Å². The van der Waals surface area contributed by atoms with Crippen molar-refractivity contribution in [1.29, 1.82) is 0 Å². The van der Waals surface area contributed by atoms with Crippen LogP contribution in [0.15, 0.2) is 0 Å². The number of hydrogen-bond donors (Lipinski definition) is 1. The molecule has 4 nitrogen and oxygen atoms in total. The summed E-state index contributed by atoms with van der Waals surface area (Å²) in [7, 11) is 0. The molecular formula is C12H21F3INO3. The highest BCUT2D eigenvalue weighted by atomic mass is 127. The average molecular weight is 411 g/mol. The summed E-state index contributed by atoms with van der Waals surface area (Å²) in [5.74, 6) is 0. The Labute approximate surface area is 130 Å². The van der Waals surface area contributed by atoms with Gasteiger partial charge in [-0.05, 0) is 34.6 Å². The average Bonchev–Trinajstić information content (AvgIpc) is 2.23. The van der Waals surface area contributed by atoms with Gasteiger partial charge in [0.25, 0.3) is 0 Å². The Morgan fingerprint density at radius 1 is 1.25 bits per heavy atom. The summed E-state index contributed by atoms with van der Waals surface area (Å²) in [6, 6.07) is 0. The van der Waals surface area contributed by atoms with E-state index < -0.39 is 29.6 Å². The number of hydrogen-bond acceptors (Lipinski definition) is 3. The van der Waals surface area contributed by atoms with E-state index in [1.165, 1.54) is 6.92 Å². The van der Waals surface area contributed by atoms with E-state index in [2.05, 4.69) is 5.32 Å². The van der Waals surface area contributed by atoms with E-state index in [1.54, 1.807) is 20.8 Å². The summed E-state index contributed by atoms with van der Waals surface area (Å²) in [6.07, 6.45) is -7.02. The first kappa shape index (κ1) is 19.8. The number of carbonyl (C=O) groups excluding carboxylic acids is 1. The molecule has 20 heavy (non-hydrogen) atoms. The van der Waals surface area contributed by atoms with Crippen LogP contribution in [-0.2, 0) is 9.47 Å². The van der Waals surface area contributed by atoms with Crippen molar-refractivity contribution in [3.05, 3.63) is 0 Å². The zero-order chi connectivity index (χ0) is 16.2. The Hall–Kier alpha value is -0.250. The predicted molar refractivity (Wildman–Crippen MR) is 78.1 cm³/mol. The molecule has 0 aromatic carbocycles. The van der Waals surface area contributed by atoms with Crippen LogP contribution in [0.25, 0.3) is 0 Å². The molecule has 1 N–H and O–H groups in total. The van der Waals surface area contributed by atoms with Crippen molar-refractivity contribution >= 4 is 28.7 Å². The third-order valence-corrected chi connectivity index (χ3v) is 3.82. The van der Waals surface area contributed by atoms with Gasteiger partial charge in [0.1, 0.15) is 5.60 Å². The van der Waals surface area contributed by atoms with Gasteiger partial charge in [0.15, 0.2) is 6.10 Å². The van der Waals surface area contributed by atoms with E-state index in [0.29, 0.717) is 4.43 Å². The van der Waals surface area contributed by atoms with Crippen LogP contribution in [0.4, 0.5) is 18.0 Å². The first-order chi connectivity index (χ1) is 8.79. The molecule has 0 saturated carbocycles. The maximum absolute atomic E-state index is 12.5. The standard InChI is InChI=1S/C12H21F3INO3/c1-8(12(13,14)15)19-11(5,6-16)7-17-9(18)20-10(2,3)4/h8H,6-7H2,1-5H3,(H,17,18). The third-order valence-electron chi connectivity index (χ3n) is 2.21. The number of nitrogens with one attached hydrogen (secondary N) is 1. The third kappa shape index (κ3) is 8.13. The van der Waals surface area contributed by atoms with E-state index in [9.17, 15) is 18.0 Å². The molecule has 120 valence electrons. The minimum absolute atomic E-state index is 0.0642. The molecule has 0 radical (unpaired) electrons. The Morgan fingerprint density at radius 2 is 1.75 bits per heavy atom. The van der Waals surface area contributed by atoms with Crippen molar-refractivity contribution in [2.24, 2.45) is 0 Å². The minimum Gasteiger partial charge on any atom is -0.444 e. The van der Waals surface area contributed by atoms with Crippen LogP contribution in [0, 0.1) is 0 Å². The topological polar surface area (TPSA) is 47.6 Å². The van der Waals surface area contributed by atoms with E-state index in [4.69, 9.17) is 9.47 Å². The second-order valence-corrected chi connectivity index (χ2v) is 6.50. The lowest BCUT2D eigenvalue weighted by molar-refractivity contribution is -0.239. The van der Waals surface area contributed by atoms with Crippen molar-refractivity contribution in [3.63, 3.8) is 0 Å². The number of amides is 1. The zero-order valence-corrected chi connectivity index (χ0v) is 14.4. The molecule has 1 amide bonds. The van der Waals surface area contributed by atoms with Gasteiger partial charge in [-0.15, -0.1) is 0 Å². The number of alkyl carbamates (subject to hydrolysis) is 1. The monoisotopic (exact) mass is 411 g/mol. The number of alkyl halides is 4. The van der Waals surface area contributed by atoms with Gasteiger partial charge >= 0.3 is 12.3 Å². The highest BCUT2D eigenvalue weighted by Gasteiger charge is 2.41. The van der Waals surface area contributed by atoms with Crippen LogP contribution in [0.1, 0.15) is 34.6 Å². The molecular weight excluding hydrogens is 390 g/mol. The van der Waals surface area contributed by atoms with Crippen LogP contribution < -0.4 is 5.32 Å². The zero-order valence-electron chi connectivity index (χ0n) is 12.2. The van der Waals surface area contributed by atoms with Gasteiger partial charge < -0.3 is 14.8 Å². The van der Waals surface area contributed by atoms with Crippen molar-refractivity contribution in [3.8, 4) is 0 Å². The van der Waals surface area contributed by atoms with Crippen LogP contribution in [0.5, 0.6) is 0 Å². The molecule has 2 unspecified atom stereocenters. The van der Waals surface area contributed by atoms with Crippen LogP contribution in [0.2, 0.25) is 0 Å². The lowest BCUT2D eigenvalue weighted by atomic mass is 10.1. The van der Waals surface area contributed by atoms with Gasteiger partial charge in [-0.2, -0.15) is 13.2 Å². The van der Waals surface area contributed by atoms with Gasteiger partial charge in [0.05, 0.1) is 12.1 Å². The minimum atomic E-state index is -4.43. The molecule has 0 spiro atoms. The largest absolute Gasteiger partial charge is 0.444 e. The van der Waals surface area contributed by atoms with Gasteiger partial charge in [0.2, 0.25) is 0 Å². The predicted octanol–water partition coefficient (Wildman–Crippen LogP) is 3.67. The fraction of sp³-hybridized carbons (Fsp3) is 0.917. The van der Waals surface area contributed by atoms with Crippen LogP contribution in [0.3, 0.4) is 0 Å². The molecule has 0 bridgehead atoms. The highest BCUT2D eigenvalue weighted by molar-refractivity contribution is 14.1. The molecule has 0 rings (SSSR count). The molecule has 2 atom stereocenters. The molecule has 0 aliphatic rings. The molecule has 0 aromatic heterocycles. The van der Waals surface area contributed by atoms with E-state index >= 15 is 0 Å². The number of rotatable bonds is 5. The lowest BCUT2D eigenvalue weighted by Crippen LogP contribution is -2.49. The van der Waals surface area contributed by atoms with Crippen LogP contribution >= 0.6 is 22.6 Å². The molecule has 0 aromatic rings. The van der Waals surface area contributed by atoms with Crippen LogP contribution in [-0.4, -0.2) is 40.5 Å². The molecule has 8 heteroatoms. The molecule has 0 heterocycles. The maximum Gasteiger partial charge on any atom is 0.414 e. The normalized spacial score (nSPS) is 17.2. The number of halogens is 4. The molecule has 0 aliphatic carbocycles. The van der Waals surface area contributed by atoms with E-state index in [-0.39, 0.29) is 6.54 Å². The summed E-state index contributed by atoms with van der Waals surface area (Å²) in [5, 5.41) is 2.43. The first-order valence-electron chi connectivity index (χ1n) is 6.06. The van der Waals surface area contributed by atoms with E-state index in [0.717, 1.165) is 6.92 Å². The summed E-state index contributed by atoms with van der Waals surface area (Å²) in [5.41, 5.74) is -1.78. The summed E-state index contributed by atoms with van der Waals surface area (Å²) in [6.45, 7) is 7.49. The molecule has 0 fully saturated rings. The van der Waals surface area contributed by atoms with Crippen molar-refractivity contribution in [2.75, 3.05) is 11.0 Å². The highest BCUT2D eigenvalue weighted by Crippen LogP contribution is 2.27. The summed E-state index contributed by atoms with van der Waals surface area (Å²) < 4.78 is 47.8. The summed E-state index contributed by atoms with van der Waals surface area (Å²) >= 11 is 1.92.